The van der Waals surface area contributed by atoms with Crippen molar-refractivity contribution in [2.24, 2.45) is 0 Å². The highest BCUT2D eigenvalue weighted by Crippen LogP contribution is 2.26. The summed E-state index contributed by atoms with van der Waals surface area (Å²) >= 11 is 0. The molecule has 4 rings (SSSR count). The zero-order valence-corrected chi connectivity index (χ0v) is 18.2. The lowest BCUT2D eigenvalue weighted by molar-refractivity contribution is 0.0735. The molecule has 0 aliphatic carbocycles. The van der Waals surface area contributed by atoms with Gasteiger partial charge in [-0.05, 0) is 61.7 Å². The molecule has 4 nitrogen and oxygen atoms in total. The first-order valence-electron chi connectivity index (χ1n) is 10.6. The van der Waals surface area contributed by atoms with Gasteiger partial charge in [0, 0.05) is 38.4 Å². The third-order valence-corrected chi connectivity index (χ3v) is 6.33. The van der Waals surface area contributed by atoms with Gasteiger partial charge in [0.1, 0.15) is 17.3 Å². The van der Waals surface area contributed by atoms with Crippen LogP contribution < -0.4 is 4.90 Å². The van der Waals surface area contributed by atoms with Crippen LogP contribution in [0.15, 0.2) is 48.5 Å². The summed E-state index contributed by atoms with van der Waals surface area (Å²) in [5.74, 6) is -0.556. The van der Waals surface area contributed by atoms with E-state index in [9.17, 15) is 13.6 Å². The van der Waals surface area contributed by atoms with Crippen LogP contribution in [-0.2, 0) is 6.54 Å². The number of para-hydroxylation sites is 1. The van der Waals surface area contributed by atoms with Crippen LogP contribution in [0.5, 0.6) is 0 Å². The Balaban J connectivity index is 1.56. The number of amides is 1. The van der Waals surface area contributed by atoms with Crippen molar-refractivity contribution in [1.82, 2.24) is 9.47 Å². The highest BCUT2D eigenvalue weighted by atomic mass is 19.1. The van der Waals surface area contributed by atoms with Gasteiger partial charge < -0.3 is 14.4 Å². The SMILES string of the molecule is Cc1c(C)c(C(=O)N2CCN(c3ccccc3F)CC2)n(Cc2cccc(F)c2)c1C. The quantitative estimate of drug-likeness (QED) is 0.609. The normalized spacial score (nSPS) is 14.2. The summed E-state index contributed by atoms with van der Waals surface area (Å²) in [5, 5.41) is 0. The van der Waals surface area contributed by atoms with Crippen LogP contribution in [0.3, 0.4) is 0 Å². The Morgan fingerprint density at radius 3 is 2.29 bits per heavy atom. The van der Waals surface area contributed by atoms with Crippen molar-refractivity contribution < 1.29 is 13.6 Å². The Bertz CT molecular complexity index is 1110. The van der Waals surface area contributed by atoms with E-state index in [1.54, 1.807) is 18.2 Å². The highest BCUT2D eigenvalue weighted by Gasteiger charge is 2.28. The van der Waals surface area contributed by atoms with Crippen LogP contribution in [0, 0.1) is 32.4 Å². The van der Waals surface area contributed by atoms with Gasteiger partial charge in [0.25, 0.3) is 5.91 Å². The summed E-state index contributed by atoms with van der Waals surface area (Å²) in [6, 6.07) is 13.2. The van der Waals surface area contributed by atoms with E-state index in [1.807, 2.05) is 47.3 Å². The minimum absolute atomic E-state index is 0.0294. The molecule has 6 heteroatoms. The van der Waals surface area contributed by atoms with E-state index in [1.165, 1.54) is 18.2 Å². The second-order valence-electron chi connectivity index (χ2n) is 8.13. The fourth-order valence-electron chi connectivity index (χ4n) is 4.32. The standard InChI is InChI=1S/C25H27F2N3O/c1-17-18(2)24(30(19(17)3)16-20-7-6-8-21(26)15-20)25(31)29-13-11-28(12-14-29)23-10-5-4-9-22(23)27/h4-10,15H,11-14,16H2,1-3H3. The first kappa shape index (κ1) is 21.1. The maximum absolute atomic E-state index is 14.1. The Morgan fingerprint density at radius 2 is 1.61 bits per heavy atom. The molecule has 0 bridgehead atoms. The molecule has 1 aromatic heterocycles. The third kappa shape index (κ3) is 4.07. The van der Waals surface area contributed by atoms with Crippen LogP contribution in [0.2, 0.25) is 0 Å². The Morgan fingerprint density at radius 1 is 0.903 bits per heavy atom. The van der Waals surface area contributed by atoms with E-state index in [0.717, 1.165) is 22.4 Å². The molecule has 31 heavy (non-hydrogen) atoms. The Hall–Kier alpha value is -3.15. The second kappa shape index (κ2) is 8.53. The number of benzene rings is 2. The van der Waals surface area contributed by atoms with E-state index >= 15 is 0 Å². The van der Waals surface area contributed by atoms with Crippen molar-refractivity contribution in [2.45, 2.75) is 27.3 Å². The van der Waals surface area contributed by atoms with Gasteiger partial charge >= 0.3 is 0 Å². The number of halogens is 2. The van der Waals surface area contributed by atoms with Crippen molar-refractivity contribution >= 4 is 11.6 Å². The molecule has 1 aliphatic rings. The third-order valence-electron chi connectivity index (χ3n) is 6.33. The summed E-state index contributed by atoms with van der Waals surface area (Å²) in [6.07, 6.45) is 0. The molecule has 3 aromatic rings. The van der Waals surface area contributed by atoms with Crippen molar-refractivity contribution in [3.63, 3.8) is 0 Å². The predicted octanol–water partition coefficient (Wildman–Crippen LogP) is 4.70. The summed E-state index contributed by atoms with van der Waals surface area (Å²) in [6.45, 7) is 8.62. The molecule has 0 unspecified atom stereocenters. The van der Waals surface area contributed by atoms with E-state index < -0.39 is 0 Å². The topological polar surface area (TPSA) is 28.5 Å². The summed E-state index contributed by atoms with van der Waals surface area (Å²) in [5.41, 5.74) is 5.08. The fourth-order valence-corrected chi connectivity index (χ4v) is 4.32. The maximum atomic E-state index is 14.1. The first-order chi connectivity index (χ1) is 14.9. The number of hydrogen-bond acceptors (Lipinski definition) is 2. The van der Waals surface area contributed by atoms with Crippen LogP contribution >= 0.6 is 0 Å². The van der Waals surface area contributed by atoms with Crippen LogP contribution in [0.4, 0.5) is 14.5 Å². The number of nitrogens with zero attached hydrogens (tertiary/aromatic N) is 3. The molecular formula is C25H27F2N3O. The predicted molar refractivity (Wildman–Crippen MR) is 119 cm³/mol. The second-order valence-corrected chi connectivity index (χ2v) is 8.13. The molecule has 1 fully saturated rings. The average Bonchev–Trinajstić information content (AvgIpc) is 2.97. The van der Waals surface area contributed by atoms with E-state index in [2.05, 4.69) is 0 Å². The van der Waals surface area contributed by atoms with Crippen molar-refractivity contribution in [1.29, 1.82) is 0 Å². The monoisotopic (exact) mass is 423 g/mol. The number of piperazine rings is 1. The van der Waals surface area contributed by atoms with Crippen molar-refractivity contribution in [3.05, 3.63) is 88.2 Å². The summed E-state index contributed by atoms with van der Waals surface area (Å²) < 4.78 is 29.8. The zero-order valence-electron chi connectivity index (χ0n) is 18.2. The van der Waals surface area contributed by atoms with Crippen LogP contribution in [0.1, 0.15) is 32.9 Å². The van der Waals surface area contributed by atoms with Gasteiger partial charge in [-0.3, -0.25) is 4.79 Å². The first-order valence-corrected chi connectivity index (χ1v) is 10.6. The van der Waals surface area contributed by atoms with Gasteiger partial charge in [-0.1, -0.05) is 24.3 Å². The Kier molecular flexibility index (Phi) is 5.81. The van der Waals surface area contributed by atoms with Gasteiger partial charge in [-0.2, -0.15) is 0 Å². The smallest absolute Gasteiger partial charge is 0.270 e. The lowest BCUT2D eigenvalue weighted by atomic mass is 10.1. The molecule has 1 saturated heterocycles. The van der Waals surface area contributed by atoms with Gasteiger partial charge in [0.15, 0.2) is 0 Å². The van der Waals surface area contributed by atoms with Gasteiger partial charge in [-0.15, -0.1) is 0 Å². The average molecular weight is 424 g/mol. The molecule has 2 heterocycles. The lowest BCUT2D eigenvalue weighted by Gasteiger charge is -2.36. The molecule has 0 radical (unpaired) electrons. The number of carbonyl (C=O) groups excluding carboxylic acids is 1. The van der Waals surface area contributed by atoms with Crippen LogP contribution in [0.25, 0.3) is 0 Å². The molecule has 0 saturated carbocycles. The molecule has 2 aromatic carbocycles. The fraction of sp³-hybridized carbons (Fsp3) is 0.320. The van der Waals surface area contributed by atoms with Gasteiger partial charge in [-0.25, -0.2) is 8.78 Å². The lowest BCUT2D eigenvalue weighted by Crippen LogP contribution is -2.49. The van der Waals surface area contributed by atoms with E-state index in [0.29, 0.717) is 44.1 Å². The van der Waals surface area contributed by atoms with Crippen LogP contribution in [-0.4, -0.2) is 41.6 Å². The van der Waals surface area contributed by atoms with Crippen molar-refractivity contribution in [2.75, 3.05) is 31.1 Å². The zero-order chi connectivity index (χ0) is 22.1. The number of anilines is 1. The Labute approximate surface area is 181 Å². The minimum atomic E-state index is -0.284. The highest BCUT2D eigenvalue weighted by molar-refractivity contribution is 5.95. The number of hydrogen-bond donors (Lipinski definition) is 0. The number of rotatable bonds is 4. The van der Waals surface area contributed by atoms with E-state index in [4.69, 9.17) is 0 Å². The minimum Gasteiger partial charge on any atom is -0.366 e. The molecule has 0 atom stereocenters. The number of aromatic nitrogens is 1. The molecular weight excluding hydrogens is 396 g/mol. The largest absolute Gasteiger partial charge is 0.366 e. The van der Waals surface area contributed by atoms with Gasteiger partial charge in [0.05, 0.1) is 5.69 Å². The molecule has 162 valence electrons. The molecule has 0 spiro atoms. The summed E-state index contributed by atoms with van der Waals surface area (Å²) in [7, 11) is 0. The molecule has 1 amide bonds. The number of carbonyl (C=O) groups is 1. The van der Waals surface area contributed by atoms with Gasteiger partial charge in [0.2, 0.25) is 0 Å². The van der Waals surface area contributed by atoms with E-state index in [-0.39, 0.29) is 17.5 Å². The van der Waals surface area contributed by atoms with Crippen molar-refractivity contribution in [3.8, 4) is 0 Å². The maximum Gasteiger partial charge on any atom is 0.270 e. The summed E-state index contributed by atoms with van der Waals surface area (Å²) in [4.78, 5) is 17.3. The molecule has 1 aliphatic heterocycles. The molecule has 0 N–H and O–H groups in total.